The van der Waals surface area contributed by atoms with Crippen molar-refractivity contribution in [2.45, 2.75) is 64.2 Å². The van der Waals surface area contributed by atoms with E-state index in [9.17, 15) is 34.2 Å². The highest BCUT2D eigenvalue weighted by Gasteiger charge is 2.30. The quantitative estimate of drug-likeness (QED) is 0.191. The van der Waals surface area contributed by atoms with Crippen LogP contribution in [-0.4, -0.2) is 69.1 Å². The number of benzene rings is 1. The first-order valence-electron chi connectivity index (χ1n) is 10.7. The Morgan fingerprint density at radius 1 is 0.882 bits per heavy atom. The lowest BCUT2D eigenvalue weighted by Crippen LogP contribution is -2.57. The molecule has 1 rings (SSSR count). The average Bonchev–Trinajstić information content (AvgIpc) is 2.77. The monoisotopic (exact) mass is 480 g/mol. The van der Waals surface area contributed by atoms with Crippen LogP contribution in [0.1, 0.15) is 39.2 Å². The molecule has 5 atom stereocenters. The van der Waals surface area contributed by atoms with Crippen LogP contribution in [0.5, 0.6) is 5.75 Å². The molecular weight excluding hydrogens is 448 g/mol. The van der Waals surface area contributed by atoms with Crippen LogP contribution in [0.2, 0.25) is 0 Å². The summed E-state index contributed by atoms with van der Waals surface area (Å²) < 4.78 is 0. The Hall–Kier alpha value is -3.67. The zero-order chi connectivity index (χ0) is 26.0. The minimum Gasteiger partial charge on any atom is -0.508 e. The number of carboxylic acid groups (broad SMARTS) is 2. The maximum Gasteiger partial charge on any atom is 0.326 e. The third kappa shape index (κ3) is 9.06. The fraction of sp³-hybridized carbons (Fsp3) is 0.500. The molecule has 34 heavy (non-hydrogen) atoms. The fourth-order valence-electron chi connectivity index (χ4n) is 2.91. The van der Waals surface area contributed by atoms with Gasteiger partial charge in [-0.2, -0.15) is 0 Å². The van der Waals surface area contributed by atoms with Crippen molar-refractivity contribution in [3.05, 3.63) is 29.8 Å². The number of carbonyl (C=O) groups is 5. The molecule has 3 amide bonds. The van der Waals surface area contributed by atoms with Crippen LogP contribution in [0.25, 0.3) is 0 Å². The number of carbonyl (C=O) groups excluding carboxylic acids is 3. The van der Waals surface area contributed by atoms with E-state index in [2.05, 4.69) is 16.0 Å². The molecule has 1 aromatic rings. The molecule has 12 heteroatoms. The summed E-state index contributed by atoms with van der Waals surface area (Å²) in [5.74, 6) is -5.31. The van der Waals surface area contributed by atoms with Crippen LogP contribution in [-0.2, 0) is 30.4 Å². The number of amides is 3. The highest BCUT2D eigenvalue weighted by atomic mass is 16.4. The number of hydrogen-bond acceptors (Lipinski definition) is 7. The predicted molar refractivity (Wildman–Crippen MR) is 121 cm³/mol. The van der Waals surface area contributed by atoms with E-state index in [1.165, 1.54) is 31.2 Å². The van der Waals surface area contributed by atoms with E-state index < -0.39 is 60.2 Å². The predicted octanol–water partition coefficient (Wildman–Crippen LogP) is -0.658. The molecule has 0 aliphatic rings. The molecule has 0 fully saturated rings. The molecule has 0 aromatic heterocycles. The van der Waals surface area contributed by atoms with Gasteiger partial charge in [0.1, 0.15) is 23.9 Å². The summed E-state index contributed by atoms with van der Waals surface area (Å²) in [5.41, 5.74) is 6.40. The van der Waals surface area contributed by atoms with E-state index in [1.807, 2.05) is 6.92 Å². The van der Waals surface area contributed by atoms with E-state index >= 15 is 0 Å². The summed E-state index contributed by atoms with van der Waals surface area (Å²) in [6, 6.07) is 0.848. The normalized spacial score (nSPS) is 15.2. The lowest BCUT2D eigenvalue weighted by atomic mass is 9.99. The van der Waals surface area contributed by atoms with Crippen molar-refractivity contribution in [1.82, 2.24) is 16.0 Å². The fourth-order valence-corrected chi connectivity index (χ4v) is 2.91. The summed E-state index contributed by atoms with van der Waals surface area (Å²) in [6.07, 6.45) is -0.295. The highest BCUT2D eigenvalue weighted by molar-refractivity contribution is 5.94. The van der Waals surface area contributed by atoms with Crippen molar-refractivity contribution >= 4 is 29.7 Å². The molecular formula is C22H32N4O8. The minimum absolute atomic E-state index is 0.0184. The number of carboxylic acids is 2. The molecule has 188 valence electrons. The second kappa shape index (κ2) is 13.1. The van der Waals surface area contributed by atoms with Crippen LogP contribution in [0.4, 0.5) is 0 Å². The first-order chi connectivity index (χ1) is 15.8. The van der Waals surface area contributed by atoms with Gasteiger partial charge in [0.15, 0.2) is 0 Å². The summed E-state index contributed by atoms with van der Waals surface area (Å²) in [7, 11) is 0. The number of nitrogens with one attached hydrogen (secondary N) is 3. The van der Waals surface area contributed by atoms with Gasteiger partial charge in [0.2, 0.25) is 17.7 Å². The molecule has 8 N–H and O–H groups in total. The van der Waals surface area contributed by atoms with Crippen molar-refractivity contribution in [3.8, 4) is 5.75 Å². The van der Waals surface area contributed by atoms with Crippen molar-refractivity contribution < 1.29 is 39.3 Å². The number of hydrogen-bond donors (Lipinski definition) is 7. The van der Waals surface area contributed by atoms with E-state index in [-0.39, 0.29) is 18.1 Å². The van der Waals surface area contributed by atoms with Crippen LogP contribution >= 0.6 is 0 Å². The van der Waals surface area contributed by atoms with Crippen molar-refractivity contribution in [1.29, 1.82) is 0 Å². The topological polar surface area (TPSA) is 208 Å². The number of aliphatic carboxylic acids is 2. The number of phenols is 1. The molecule has 0 saturated carbocycles. The van der Waals surface area contributed by atoms with Crippen molar-refractivity contribution in [2.75, 3.05) is 0 Å². The van der Waals surface area contributed by atoms with Gasteiger partial charge in [-0.3, -0.25) is 19.2 Å². The molecule has 5 unspecified atom stereocenters. The highest BCUT2D eigenvalue weighted by Crippen LogP contribution is 2.12. The minimum atomic E-state index is -1.71. The SMILES string of the molecule is CCC(C)C(N)C(=O)NC(C)C(=O)NC(Cc1ccc(O)cc1)C(=O)NC(CC(=O)O)C(=O)O. The molecule has 0 radical (unpaired) electrons. The third-order valence-corrected chi connectivity index (χ3v) is 5.31. The van der Waals surface area contributed by atoms with Gasteiger partial charge in [-0.15, -0.1) is 0 Å². The molecule has 1 aromatic carbocycles. The Bertz CT molecular complexity index is 889. The number of phenolic OH excluding ortho intramolecular Hbond substituents is 1. The molecule has 0 spiro atoms. The van der Waals surface area contributed by atoms with Crippen LogP contribution in [0.15, 0.2) is 24.3 Å². The van der Waals surface area contributed by atoms with E-state index in [0.29, 0.717) is 12.0 Å². The van der Waals surface area contributed by atoms with Gasteiger partial charge in [0.05, 0.1) is 12.5 Å². The van der Waals surface area contributed by atoms with Gasteiger partial charge in [0.25, 0.3) is 0 Å². The van der Waals surface area contributed by atoms with Gasteiger partial charge < -0.3 is 37.0 Å². The van der Waals surface area contributed by atoms with Gasteiger partial charge in [-0.25, -0.2) is 4.79 Å². The summed E-state index contributed by atoms with van der Waals surface area (Å²) in [6.45, 7) is 5.06. The third-order valence-electron chi connectivity index (χ3n) is 5.31. The zero-order valence-corrected chi connectivity index (χ0v) is 19.3. The largest absolute Gasteiger partial charge is 0.508 e. The maximum absolute atomic E-state index is 12.8. The van der Waals surface area contributed by atoms with Gasteiger partial charge in [-0.05, 0) is 30.5 Å². The van der Waals surface area contributed by atoms with Gasteiger partial charge >= 0.3 is 11.9 Å². The van der Waals surface area contributed by atoms with Crippen LogP contribution in [0, 0.1) is 5.92 Å². The number of aromatic hydroxyl groups is 1. The second-order valence-corrected chi connectivity index (χ2v) is 8.07. The van der Waals surface area contributed by atoms with Crippen LogP contribution < -0.4 is 21.7 Å². The average molecular weight is 481 g/mol. The number of rotatable bonds is 13. The molecule has 0 aliphatic heterocycles. The molecule has 0 saturated heterocycles. The first-order valence-corrected chi connectivity index (χ1v) is 10.7. The van der Waals surface area contributed by atoms with Crippen molar-refractivity contribution in [3.63, 3.8) is 0 Å². The first kappa shape index (κ1) is 28.4. The summed E-state index contributed by atoms with van der Waals surface area (Å²) in [4.78, 5) is 60.0. The van der Waals surface area contributed by atoms with E-state index in [0.717, 1.165) is 0 Å². The molecule has 0 bridgehead atoms. The standard InChI is InChI=1S/C22H32N4O8/c1-4-11(2)18(23)21(32)24-12(3)19(30)25-15(9-13-5-7-14(27)8-6-13)20(31)26-16(22(33)34)10-17(28)29/h5-8,11-12,15-16,18,27H,4,9-10,23H2,1-3H3,(H,24,32)(H,25,30)(H,26,31)(H,28,29)(H,33,34). The lowest BCUT2D eigenvalue weighted by Gasteiger charge is -2.24. The van der Waals surface area contributed by atoms with Crippen LogP contribution in [0.3, 0.4) is 0 Å². The molecule has 0 heterocycles. The van der Waals surface area contributed by atoms with E-state index in [4.69, 9.17) is 10.8 Å². The second-order valence-electron chi connectivity index (χ2n) is 8.07. The van der Waals surface area contributed by atoms with Crippen molar-refractivity contribution in [2.24, 2.45) is 11.7 Å². The zero-order valence-electron chi connectivity index (χ0n) is 19.3. The lowest BCUT2D eigenvalue weighted by molar-refractivity contribution is -0.147. The number of nitrogens with two attached hydrogens (primary N) is 1. The molecule has 0 aliphatic carbocycles. The van der Waals surface area contributed by atoms with Gasteiger partial charge in [-0.1, -0.05) is 32.4 Å². The van der Waals surface area contributed by atoms with E-state index in [1.54, 1.807) is 6.92 Å². The summed E-state index contributed by atoms with van der Waals surface area (Å²) >= 11 is 0. The Labute approximate surface area is 196 Å². The Morgan fingerprint density at radius 2 is 1.44 bits per heavy atom. The van der Waals surface area contributed by atoms with Gasteiger partial charge in [0, 0.05) is 6.42 Å². The Balaban J connectivity index is 3.00. The molecule has 12 nitrogen and oxygen atoms in total. The Morgan fingerprint density at radius 3 is 1.94 bits per heavy atom. The smallest absolute Gasteiger partial charge is 0.326 e. The maximum atomic E-state index is 12.8. The summed E-state index contributed by atoms with van der Waals surface area (Å²) in [5, 5.41) is 34.6. The Kier molecular flexibility index (Phi) is 11.0.